The maximum Gasteiger partial charge on any atom is 0.323 e. The molecule has 4 heteroatoms. The molecule has 0 heterocycles. The first-order valence-electron chi connectivity index (χ1n) is 15.2. The summed E-state index contributed by atoms with van der Waals surface area (Å²) in [4.78, 5) is 13.4. The van der Waals surface area contributed by atoms with Crippen LogP contribution in [0.4, 0.5) is 0 Å². The van der Waals surface area contributed by atoms with Crippen molar-refractivity contribution in [1.29, 1.82) is 0 Å². The molecular weight excluding hydrogens is 422 g/mol. The number of aliphatic hydroxyl groups excluding tert-OH is 1. The molecule has 204 valence electrons. The smallest absolute Gasteiger partial charge is 0.323 e. The van der Waals surface area contributed by atoms with Gasteiger partial charge >= 0.3 is 5.97 Å². The number of rotatable bonds is 28. The fourth-order valence-corrected chi connectivity index (χ4v) is 4.91. The number of hydrogen-bond donors (Lipinski definition) is 2. The summed E-state index contributed by atoms with van der Waals surface area (Å²) in [6.07, 6.45) is 30.7. The molecule has 1 unspecified atom stereocenters. The van der Waals surface area contributed by atoms with Gasteiger partial charge in [-0.05, 0) is 25.9 Å². The van der Waals surface area contributed by atoms with E-state index in [1.807, 2.05) is 4.90 Å². The van der Waals surface area contributed by atoms with Gasteiger partial charge in [0.1, 0.15) is 6.04 Å². The Morgan fingerprint density at radius 3 is 1.09 bits per heavy atom. The zero-order valence-electron chi connectivity index (χ0n) is 23.2. The number of carboxylic acid groups (broad SMARTS) is 1. The Morgan fingerprint density at radius 1 is 0.529 bits per heavy atom. The molecule has 0 fully saturated rings. The number of unbranched alkanes of at least 4 members (excludes halogenated alkanes) is 21. The van der Waals surface area contributed by atoms with Crippen LogP contribution in [-0.2, 0) is 4.79 Å². The highest BCUT2D eigenvalue weighted by molar-refractivity contribution is 5.73. The van der Waals surface area contributed by atoms with Gasteiger partial charge in [0.25, 0.3) is 0 Å². The second-order valence-corrected chi connectivity index (χ2v) is 10.5. The van der Waals surface area contributed by atoms with Crippen LogP contribution in [0.1, 0.15) is 162 Å². The molecule has 0 saturated heterocycles. The van der Waals surface area contributed by atoms with Crippen LogP contribution in [0.2, 0.25) is 0 Å². The van der Waals surface area contributed by atoms with Crippen molar-refractivity contribution in [3.8, 4) is 0 Å². The Kier molecular flexibility index (Phi) is 26.5. The highest BCUT2D eigenvalue weighted by Gasteiger charge is 2.23. The van der Waals surface area contributed by atoms with Crippen LogP contribution < -0.4 is 0 Å². The zero-order valence-corrected chi connectivity index (χ0v) is 23.2. The van der Waals surface area contributed by atoms with Gasteiger partial charge < -0.3 is 10.2 Å². The average Bonchev–Trinajstić information content (AvgIpc) is 2.82. The van der Waals surface area contributed by atoms with Crippen molar-refractivity contribution < 1.29 is 15.0 Å². The molecule has 2 N–H and O–H groups in total. The van der Waals surface area contributed by atoms with E-state index in [1.54, 1.807) is 0 Å². The third-order valence-electron chi connectivity index (χ3n) is 7.25. The van der Waals surface area contributed by atoms with Crippen LogP contribution in [0, 0.1) is 0 Å². The summed E-state index contributed by atoms with van der Waals surface area (Å²) in [6.45, 7) is 5.73. The van der Waals surface area contributed by atoms with Crippen molar-refractivity contribution in [3.63, 3.8) is 0 Å². The predicted molar refractivity (Wildman–Crippen MR) is 148 cm³/mol. The van der Waals surface area contributed by atoms with Crippen molar-refractivity contribution in [2.45, 2.75) is 168 Å². The van der Waals surface area contributed by atoms with Crippen molar-refractivity contribution in [1.82, 2.24) is 4.90 Å². The highest BCUT2D eigenvalue weighted by atomic mass is 16.4. The number of nitrogens with zero attached hydrogens (tertiary/aromatic N) is 1. The summed E-state index contributed by atoms with van der Waals surface area (Å²) in [5.74, 6) is -0.896. The lowest BCUT2D eigenvalue weighted by molar-refractivity contribution is -0.145. The molecule has 0 aliphatic carbocycles. The summed E-state index contributed by atoms with van der Waals surface area (Å²) in [5, 5.41) is 18.8. The predicted octanol–water partition coefficient (Wildman–Crippen LogP) is 8.75. The lowest BCUT2D eigenvalue weighted by Gasteiger charge is -2.27. The lowest BCUT2D eigenvalue weighted by Crippen LogP contribution is -2.44. The van der Waals surface area contributed by atoms with Crippen LogP contribution in [0.15, 0.2) is 0 Å². The Bertz CT molecular complexity index is 416. The van der Waals surface area contributed by atoms with Crippen LogP contribution in [0.25, 0.3) is 0 Å². The fraction of sp³-hybridized carbons (Fsp3) is 0.967. The molecule has 0 spiro atoms. The van der Waals surface area contributed by atoms with E-state index in [2.05, 4.69) is 13.8 Å². The molecule has 0 aromatic rings. The van der Waals surface area contributed by atoms with Gasteiger partial charge in [-0.3, -0.25) is 9.69 Å². The molecule has 1 atom stereocenters. The van der Waals surface area contributed by atoms with Crippen LogP contribution in [0.3, 0.4) is 0 Å². The highest BCUT2D eigenvalue weighted by Crippen LogP contribution is 2.15. The summed E-state index contributed by atoms with van der Waals surface area (Å²) in [7, 11) is 0. The first-order chi connectivity index (χ1) is 16.7. The summed E-state index contributed by atoms with van der Waals surface area (Å²) in [6, 6.07) is -0.739. The maximum absolute atomic E-state index is 11.4. The minimum Gasteiger partial charge on any atom is -0.480 e. The van der Waals surface area contributed by atoms with Gasteiger partial charge in [-0.2, -0.15) is 0 Å². The number of aliphatic hydroxyl groups is 1. The Morgan fingerprint density at radius 2 is 0.794 bits per heavy atom. The number of aliphatic carboxylic acids is 1. The van der Waals surface area contributed by atoms with E-state index in [1.165, 1.54) is 122 Å². The Hall–Kier alpha value is -0.610. The largest absolute Gasteiger partial charge is 0.480 e. The van der Waals surface area contributed by atoms with Gasteiger partial charge in [-0.25, -0.2) is 0 Å². The van der Waals surface area contributed by atoms with Gasteiger partial charge in [0.15, 0.2) is 0 Å². The standard InChI is InChI=1S/C30H61NO3/c1-3-5-7-8-9-10-11-12-13-14-15-16-17-18-19-20-21-22-23-25-27-31(26-24-6-4-2)29(28-32)30(33)34/h29,32H,3-28H2,1-2H3,(H,33,34). The van der Waals surface area contributed by atoms with E-state index in [-0.39, 0.29) is 6.61 Å². The van der Waals surface area contributed by atoms with Gasteiger partial charge in [0, 0.05) is 0 Å². The first-order valence-corrected chi connectivity index (χ1v) is 15.2. The quantitative estimate of drug-likeness (QED) is 0.109. The van der Waals surface area contributed by atoms with Crippen molar-refractivity contribution in [3.05, 3.63) is 0 Å². The zero-order chi connectivity index (χ0) is 25.1. The lowest BCUT2D eigenvalue weighted by atomic mass is 10.0. The van der Waals surface area contributed by atoms with Crippen molar-refractivity contribution in [2.75, 3.05) is 19.7 Å². The molecule has 0 bridgehead atoms. The first kappa shape index (κ1) is 33.4. The van der Waals surface area contributed by atoms with Gasteiger partial charge in [0.05, 0.1) is 6.61 Å². The number of carboxylic acids is 1. The maximum atomic E-state index is 11.4. The van der Waals surface area contributed by atoms with Crippen LogP contribution in [-0.4, -0.2) is 46.8 Å². The normalized spacial score (nSPS) is 12.5. The van der Waals surface area contributed by atoms with E-state index in [0.717, 1.165) is 38.8 Å². The topological polar surface area (TPSA) is 60.8 Å². The van der Waals surface area contributed by atoms with Gasteiger partial charge in [0.2, 0.25) is 0 Å². The molecule has 0 radical (unpaired) electrons. The minimum absolute atomic E-state index is 0.291. The Balaban J connectivity index is 3.46. The average molecular weight is 484 g/mol. The molecule has 0 amide bonds. The van der Waals surface area contributed by atoms with E-state index in [4.69, 9.17) is 0 Å². The minimum atomic E-state index is -0.896. The van der Waals surface area contributed by atoms with E-state index < -0.39 is 12.0 Å². The number of hydrogen-bond acceptors (Lipinski definition) is 3. The molecule has 0 aliphatic heterocycles. The molecule has 34 heavy (non-hydrogen) atoms. The number of carbonyl (C=O) groups is 1. The summed E-state index contributed by atoms with van der Waals surface area (Å²) in [5.41, 5.74) is 0. The second-order valence-electron chi connectivity index (χ2n) is 10.5. The van der Waals surface area contributed by atoms with E-state index in [9.17, 15) is 15.0 Å². The molecule has 0 rings (SSSR count). The van der Waals surface area contributed by atoms with E-state index >= 15 is 0 Å². The van der Waals surface area contributed by atoms with E-state index in [0.29, 0.717) is 0 Å². The fourth-order valence-electron chi connectivity index (χ4n) is 4.91. The molecular formula is C30H61NO3. The van der Waals surface area contributed by atoms with Crippen LogP contribution >= 0.6 is 0 Å². The van der Waals surface area contributed by atoms with Gasteiger partial charge in [-0.15, -0.1) is 0 Å². The third kappa shape index (κ3) is 21.9. The third-order valence-corrected chi connectivity index (χ3v) is 7.25. The van der Waals surface area contributed by atoms with Gasteiger partial charge in [-0.1, -0.05) is 149 Å². The van der Waals surface area contributed by atoms with Crippen molar-refractivity contribution >= 4 is 5.97 Å². The summed E-state index contributed by atoms with van der Waals surface area (Å²) >= 11 is 0. The van der Waals surface area contributed by atoms with Crippen molar-refractivity contribution in [2.24, 2.45) is 0 Å². The van der Waals surface area contributed by atoms with Crippen LogP contribution in [0.5, 0.6) is 0 Å². The molecule has 0 aromatic carbocycles. The molecule has 4 nitrogen and oxygen atoms in total. The molecule has 0 aromatic heterocycles. The SMILES string of the molecule is CCCCCCCCCCCCCCCCCCCCCCN(CCCCC)C(CO)C(=O)O. The molecule has 0 aliphatic rings. The summed E-state index contributed by atoms with van der Waals surface area (Å²) < 4.78 is 0. The molecule has 0 saturated carbocycles. The second kappa shape index (κ2) is 27.0. The Labute approximate surface area is 213 Å². The monoisotopic (exact) mass is 483 g/mol.